The second-order valence-electron chi connectivity index (χ2n) is 5.54. The summed E-state index contributed by atoms with van der Waals surface area (Å²) in [5.74, 6) is 2.26. The molecule has 0 radical (unpaired) electrons. The summed E-state index contributed by atoms with van der Waals surface area (Å²) in [5, 5.41) is 2.70. The van der Waals surface area contributed by atoms with Gasteiger partial charge in [-0.3, -0.25) is 10.2 Å². The topological polar surface area (TPSA) is 79.5 Å². The van der Waals surface area contributed by atoms with Crippen molar-refractivity contribution < 1.29 is 14.3 Å². The van der Waals surface area contributed by atoms with E-state index < -0.39 is 11.7 Å². The van der Waals surface area contributed by atoms with Crippen LogP contribution in [0, 0.1) is 12.3 Å². The van der Waals surface area contributed by atoms with Crippen molar-refractivity contribution >= 4 is 17.7 Å². The van der Waals surface area contributed by atoms with Crippen molar-refractivity contribution in [1.29, 1.82) is 0 Å². The van der Waals surface area contributed by atoms with Gasteiger partial charge in [0.05, 0.1) is 5.69 Å². The number of anilines is 1. The van der Waals surface area contributed by atoms with Crippen molar-refractivity contribution in [3.8, 4) is 12.3 Å². The van der Waals surface area contributed by atoms with Gasteiger partial charge in [-0.25, -0.2) is 10.2 Å². The molecule has 1 aromatic rings. The maximum Gasteiger partial charge on any atom is 0.426 e. The third kappa shape index (κ3) is 6.66. The molecule has 0 saturated heterocycles. The van der Waals surface area contributed by atoms with E-state index in [-0.39, 0.29) is 5.91 Å². The highest BCUT2D eigenvalue weighted by Gasteiger charge is 2.15. The molecule has 1 aromatic carbocycles. The van der Waals surface area contributed by atoms with Gasteiger partial charge in [-0.2, -0.15) is 0 Å². The van der Waals surface area contributed by atoms with Crippen LogP contribution in [-0.2, 0) is 4.74 Å². The minimum Gasteiger partial charge on any atom is -0.443 e. The summed E-state index contributed by atoms with van der Waals surface area (Å²) in [6.07, 6.45) is 5.03. The zero-order valence-electron chi connectivity index (χ0n) is 13.0. The largest absolute Gasteiger partial charge is 0.443 e. The van der Waals surface area contributed by atoms with Gasteiger partial charge in [0.2, 0.25) is 0 Å². The molecule has 0 aromatic heterocycles. The van der Waals surface area contributed by atoms with Crippen LogP contribution in [0.1, 0.15) is 37.6 Å². The Balaban J connectivity index is 2.47. The third-order valence-corrected chi connectivity index (χ3v) is 2.41. The molecule has 0 bridgehead atoms. The zero-order chi connectivity index (χ0) is 16.6. The maximum absolute atomic E-state index is 11.8. The molecule has 0 aliphatic carbocycles. The van der Waals surface area contributed by atoms with E-state index in [9.17, 15) is 9.59 Å². The second-order valence-corrected chi connectivity index (χ2v) is 5.54. The molecule has 6 heteroatoms. The highest BCUT2D eigenvalue weighted by molar-refractivity contribution is 5.94. The van der Waals surface area contributed by atoms with Crippen LogP contribution in [0.15, 0.2) is 24.3 Å². The molecule has 0 fully saturated rings. The number of terminal acetylenes is 1. The number of benzene rings is 1. The quantitative estimate of drug-likeness (QED) is 0.443. The molecule has 6 nitrogen and oxygen atoms in total. The Kier molecular flexibility index (Phi) is 6.26. The Hall–Kier alpha value is -2.68. The van der Waals surface area contributed by atoms with Crippen molar-refractivity contribution in [2.75, 3.05) is 12.0 Å². The monoisotopic (exact) mass is 303 g/mol. The van der Waals surface area contributed by atoms with E-state index >= 15 is 0 Å². The van der Waals surface area contributed by atoms with Crippen molar-refractivity contribution in [1.82, 2.24) is 10.7 Å². The molecule has 0 unspecified atom stereocenters. The van der Waals surface area contributed by atoms with Crippen LogP contribution in [0.4, 0.5) is 10.5 Å². The lowest BCUT2D eigenvalue weighted by atomic mass is 10.2. The molecular formula is C16H21N3O3. The smallest absolute Gasteiger partial charge is 0.426 e. The fourth-order valence-electron chi connectivity index (χ4n) is 1.48. The van der Waals surface area contributed by atoms with Crippen LogP contribution in [0.2, 0.25) is 0 Å². The van der Waals surface area contributed by atoms with Crippen LogP contribution >= 0.6 is 0 Å². The maximum atomic E-state index is 11.8. The standard InChI is InChI=1S/C16H21N3O3/c1-5-6-11-17-14(20)12-7-9-13(10-8-12)18-19-15(21)22-16(2,3)4/h1,7-10,18H,6,11H2,2-4H3,(H,17,20)(H,19,21). The number of nitrogens with one attached hydrogen (secondary N) is 3. The first-order chi connectivity index (χ1) is 10.3. The van der Waals surface area contributed by atoms with Gasteiger partial charge >= 0.3 is 6.09 Å². The lowest BCUT2D eigenvalue weighted by Gasteiger charge is -2.20. The molecule has 0 saturated carbocycles. The molecule has 1 rings (SSSR count). The summed E-state index contributed by atoms with van der Waals surface area (Å²) in [6, 6.07) is 6.63. The Bertz CT molecular complexity index is 553. The molecule has 3 N–H and O–H groups in total. The second kappa shape index (κ2) is 7.93. The fourth-order valence-corrected chi connectivity index (χ4v) is 1.48. The lowest BCUT2D eigenvalue weighted by molar-refractivity contribution is 0.0541. The first-order valence-electron chi connectivity index (χ1n) is 6.88. The molecule has 0 heterocycles. The van der Waals surface area contributed by atoms with Crippen molar-refractivity contribution in [3.63, 3.8) is 0 Å². The first kappa shape index (κ1) is 17.4. The van der Waals surface area contributed by atoms with Gasteiger partial charge < -0.3 is 10.1 Å². The zero-order valence-corrected chi connectivity index (χ0v) is 13.0. The summed E-state index contributed by atoms with van der Waals surface area (Å²) in [5.41, 5.74) is 5.70. The Morgan fingerprint density at radius 2 is 1.86 bits per heavy atom. The number of carbonyl (C=O) groups is 2. The van der Waals surface area contributed by atoms with E-state index in [1.54, 1.807) is 45.0 Å². The summed E-state index contributed by atoms with van der Waals surface area (Å²) in [6.45, 7) is 5.77. The minimum absolute atomic E-state index is 0.193. The van der Waals surface area contributed by atoms with Crippen molar-refractivity contribution in [3.05, 3.63) is 29.8 Å². The van der Waals surface area contributed by atoms with E-state index in [0.29, 0.717) is 24.2 Å². The average molecular weight is 303 g/mol. The number of amides is 2. The number of ether oxygens (including phenoxy) is 1. The number of hydrogen-bond acceptors (Lipinski definition) is 4. The Morgan fingerprint density at radius 3 is 2.41 bits per heavy atom. The summed E-state index contributed by atoms with van der Waals surface area (Å²) < 4.78 is 5.08. The minimum atomic E-state index is -0.580. The predicted molar refractivity (Wildman–Crippen MR) is 85.2 cm³/mol. The molecule has 2 amide bonds. The van der Waals surface area contributed by atoms with E-state index in [1.807, 2.05) is 0 Å². The van der Waals surface area contributed by atoms with Gasteiger partial charge in [-0.15, -0.1) is 12.3 Å². The van der Waals surface area contributed by atoms with Gasteiger partial charge in [-0.05, 0) is 45.0 Å². The van der Waals surface area contributed by atoms with Crippen LogP contribution in [-0.4, -0.2) is 24.1 Å². The van der Waals surface area contributed by atoms with Crippen LogP contribution in [0.5, 0.6) is 0 Å². The fraction of sp³-hybridized carbons (Fsp3) is 0.375. The number of hydrogen-bond donors (Lipinski definition) is 3. The van der Waals surface area contributed by atoms with Crippen LogP contribution < -0.4 is 16.2 Å². The van der Waals surface area contributed by atoms with E-state index in [1.165, 1.54) is 0 Å². The average Bonchev–Trinajstić information content (AvgIpc) is 2.44. The summed E-state index contributed by atoms with van der Waals surface area (Å²) in [4.78, 5) is 23.2. The molecule has 0 aliphatic rings. The van der Waals surface area contributed by atoms with Crippen LogP contribution in [0.3, 0.4) is 0 Å². The predicted octanol–water partition coefficient (Wildman–Crippen LogP) is 2.29. The van der Waals surface area contributed by atoms with Gasteiger partial charge in [0, 0.05) is 18.5 Å². The number of carbonyl (C=O) groups excluding carboxylic acids is 2. The highest BCUT2D eigenvalue weighted by Crippen LogP contribution is 2.10. The lowest BCUT2D eigenvalue weighted by Crippen LogP contribution is -2.35. The van der Waals surface area contributed by atoms with E-state index in [2.05, 4.69) is 22.1 Å². The molecule has 0 aliphatic heterocycles. The molecule has 118 valence electrons. The summed E-state index contributed by atoms with van der Waals surface area (Å²) in [7, 11) is 0. The van der Waals surface area contributed by atoms with Gasteiger partial charge in [-0.1, -0.05) is 0 Å². The van der Waals surface area contributed by atoms with Crippen LogP contribution in [0.25, 0.3) is 0 Å². The Labute approximate surface area is 130 Å². The normalized spacial score (nSPS) is 10.3. The molecular weight excluding hydrogens is 282 g/mol. The third-order valence-electron chi connectivity index (χ3n) is 2.41. The number of hydrazine groups is 1. The van der Waals surface area contributed by atoms with Gasteiger partial charge in [0.25, 0.3) is 5.91 Å². The van der Waals surface area contributed by atoms with Gasteiger partial charge in [0.15, 0.2) is 0 Å². The van der Waals surface area contributed by atoms with Crippen molar-refractivity contribution in [2.24, 2.45) is 0 Å². The highest BCUT2D eigenvalue weighted by atomic mass is 16.6. The Morgan fingerprint density at radius 1 is 1.23 bits per heavy atom. The van der Waals surface area contributed by atoms with E-state index in [0.717, 1.165) is 0 Å². The molecule has 0 spiro atoms. The molecule has 22 heavy (non-hydrogen) atoms. The first-order valence-corrected chi connectivity index (χ1v) is 6.88. The summed E-state index contributed by atoms with van der Waals surface area (Å²) >= 11 is 0. The van der Waals surface area contributed by atoms with E-state index in [4.69, 9.17) is 11.2 Å². The van der Waals surface area contributed by atoms with Gasteiger partial charge in [0.1, 0.15) is 5.60 Å². The molecule has 0 atom stereocenters. The number of rotatable bonds is 5. The SMILES string of the molecule is C#CCCNC(=O)c1ccc(NNC(=O)OC(C)(C)C)cc1. The van der Waals surface area contributed by atoms with Crippen molar-refractivity contribution in [2.45, 2.75) is 32.8 Å².